The van der Waals surface area contributed by atoms with Gasteiger partial charge in [-0.05, 0) is 37.1 Å². The molecule has 128 valence electrons. The van der Waals surface area contributed by atoms with Gasteiger partial charge in [-0.25, -0.2) is 4.98 Å². The average molecular weight is 333 g/mol. The number of aromatic amines is 1. The standard InChI is InChI=1S/C21H23N3O/c25-19(16-7-3-1-4-8-16)20-23-15-18(24-20)21(11-13-22-14-12-21)17-9-5-2-6-10-17/h1-10,15,19,22,25H,11-14H2,(H,23,24). The van der Waals surface area contributed by atoms with E-state index >= 15 is 0 Å². The summed E-state index contributed by atoms with van der Waals surface area (Å²) in [5.74, 6) is 0.607. The summed E-state index contributed by atoms with van der Waals surface area (Å²) in [6.07, 6.45) is 3.20. The Morgan fingerprint density at radius 1 is 0.920 bits per heavy atom. The number of benzene rings is 2. The van der Waals surface area contributed by atoms with Crippen LogP contribution in [0.1, 0.15) is 41.6 Å². The zero-order valence-electron chi connectivity index (χ0n) is 14.2. The number of aromatic nitrogens is 2. The van der Waals surface area contributed by atoms with Crippen molar-refractivity contribution in [1.82, 2.24) is 15.3 Å². The van der Waals surface area contributed by atoms with Crippen molar-refractivity contribution in [2.24, 2.45) is 0 Å². The van der Waals surface area contributed by atoms with Crippen molar-refractivity contribution in [3.8, 4) is 0 Å². The number of hydrogen-bond donors (Lipinski definition) is 3. The number of hydrogen-bond acceptors (Lipinski definition) is 3. The number of H-pyrrole nitrogens is 1. The summed E-state index contributed by atoms with van der Waals surface area (Å²) in [7, 11) is 0. The summed E-state index contributed by atoms with van der Waals surface area (Å²) < 4.78 is 0. The number of nitrogens with one attached hydrogen (secondary N) is 2. The molecule has 1 saturated heterocycles. The van der Waals surface area contributed by atoms with Crippen molar-refractivity contribution < 1.29 is 5.11 Å². The highest BCUT2D eigenvalue weighted by atomic mass is 16.3. The molecule has 1 unspecified atom stereocenters. The molecular weight excluding hydrogens is 310 g/mol. The molecule has 1 atom stereocenters. The number of imidazole rings is 1. The van der Waals surface area contributed by atoms with Crippen molar-refractivity contribution >= 4 is 0 Å². The van der Waals surface area contributed by atoms with E-state index in [4.69, 9.17) is 0 Å². The molecule has 4 rings (SSSR count). The van der Waals surface area contributed by atoms with Crippen LogP contribution in [0.5, 0.6) is 0 Å². The van der Waals surface area contributed by atoms with Crippen LogP contribution in [0.4, 0.5) is 0 Å². The largest absolute Gasteiger partial charge is 0.380 e. The molecule has 2 aromatic carbocycles. The summed E-state index contributed by atoms with van der Waals surface area (Å²) in [6, 6.07) is 20.3. The third-order valence-corrected chi connectivity index (χ3v) is 5.27. The lowest BCUT2D eigenvalue weighted by Gasteiger charge is -2.37. The van der Waals surface area contributed by atoms with Crippen LogP contribution in [0.2, 0.25) is 0 Å². The molecule has 4 heteroatoms. The molecule has 4 nitrogen and oxygen atoms in total. The van der Waals surface area contributed by atoms with Gasteiger partial charge in [0.25, 0.3) is 0 Å². The summed E-state index contributed by atoms with van der Waals surface area (Å²) >= 11 is 0. The van der Waals surface area contributed by atoms with Crippen LogP contribution >= 0.6 is 0 Å². The maximum absolute atomic E-state index is 10.7. The Balaban J connectivity index is 1.71. The molecule has 0 bridgehead atoms. The quantitative estimate of drug-likeness (QED) is 0.687. The average Bonchev–Trinajstić information content (AvgIpc) is 3.20. The zero-order chi connectivity index (χ0) is 17.1. The maximum Gasteiger partial charge on any atom is 0.139 e. The van der Waals surface area contributed by atoms with Crippen molar-refractivity contribution in [3.63, 3.8) is 0 Å². The third kappa shape index (κ3) is 2.99. The Morgan fingerprint density at radius 3 is 2.24 bits per heavy atom. The second-order valence-electron chi connectivity index (χ2n) is 6.69. The molecule has 2 heterocycles. The molecule has 0 aliphatic carbocycles. The molecule has 25 heavy (non-hydrogen) atoms. The molecule has 3 N–H and O–H groups in total. The highest BCUT2D eigenvalue weighted by molar-refractivity contribution is 5.37. The molecule has 1 aliphatic heterocycles. The second-order valence-corrected chi connectivity index (χ2v) is 6.69. The third-order valence-electron chi connectivity index (χ3n) is 5.27. The number of piperidine rings is 1. The fourth-order valence-corrected chi connectivity index (χ4v) is 3.84. The second kappa shape index (κ2) is 6.82. The van der Waals surface area contributed by atoms with E-state index in [2.05, 4.69) is 45.6 Å². The van der Waals surface area contributed by atoms with Gasteiger partial charge in [0.1, 0.15) is 11.9 Å². The van der Waals surface area contributed by atoms with Gasteiger partial charge in [-0.2, -0.15) is 0 Å². The minimum atomic E-state index is -0.732. The summed E-state index contributed by atoms with van der Waals surface area (Å²) in [5.41, 5.74) is 3.17. The highest BCUT2D eigenvalue weighted by Crippen LogP contribution is 2.39. The minimum Gasteiger partial charge on any atom is -0.380 e. The van der Waals surface area contributed by atoms with Crippen LogP contribution in [0.15, 0.2) is 66.9 Å². The Kier molecular flexibility index (Phi) is 4.38. The lowest BCUT2D eigenvalue weighted by atomic mass is 9.71. The predicted molar refractivity (Wildman–Crippen MR) is 98.4 cm³/mol. The Bertz CT molecular complexity index is 807. The first-order valence-electron chi connectivity index (χ1n) is 8.84. The SMILES string of the molecule is OC(c1ccccc1)c1ncc(C2(c3ccccc3)CCNCC2)[nH]1. The van der Waals surface area contributed by atoms with Crippen LogP contribution < -0.4 is 5.32 Å². The first-order valence-corrected chi connectivity index (χ1v) is 8.84. The Morgan fingerprint density at radius 2 is 1.56 bits per heavy atom. The van der Waals surface area contributed by atoms with Crippen LogP contribution in [0.25, 0.3) is 0 Å². The van der Waals surface area contributed by atoms with E-state index in [0.717, 1.165) is 37.2 Å². The minimum absolute atomic E-state index is 0.0752. The van der Waals surface area contributed by atoms with Gasteiger partial charge in [0.15, 0.2) is 0 Å². The van der Waals surface area contributed by atoms with Crippen molar-refractivity contribution in [2.45, 2.75) is 24.4 Å². The van der Waals surface area contributed by atoms with Gasteiger partial charge in [0.2, 0.25) is 0 Å². The molecule has 0 amide bonds. The van der Waals surface area contributed by atoms with E-state index in [1.165, 1.54) is 5.56 Å². The predicted octanol–water partition coefficient (Wildman–Crippen LogP) is 3.16. The molecule has 1 aromatic heterocycles. The molecule has 3 aromatic rings. The fraction of sp³-hybridized carbons (Fsp3) is 0.286. The number of aliphatic hydroxyl groups is 1. The molecule has 0 radical (unpaired) electrons. The molecule has 0 saturated carbocycles. The van der Waals surface area contributed by atoms with Crippen molar-refractivity contribution in [1.29, 1.82) is 0 Å². The Hall–Kier alpha value is -2.43. The van der Waals surface area contributed by atoms with Gasteiger partial charge >= 0.3 is 0 Å². The summed E-state index contributed by atoms with van der Waals surface area (Å²) in [5, 5.41) is 14.1. The lowest BCUT2D eigenvalue weighted by molar-refractivity contribution is 0.210. The van der Waals surface area contributed by atoms with Crippen molar-refractivity contribution in [3.05, 3.63) is 89.5 Å². The monoisotopic (exact) mass is 333 g/mol. The zero-order valence-corrected chi connectivity index (χ0v) is 14.2. The van der Waals surface area contributed by atoms with Gasteiger partial charge in [-0.15, -0.1) is 0 Å². The molecule has 1 fully saturated rings. The van der Waals surface area contributed by atoms with Crippen molar-refractivity contribution in [2.75, 3.05) is 13.1 Å². The van der Waals surface area contributed by atoms with Crippen LogP contribution in [-0.2, 0) is 5.41 Å². The van der Waals surface area contributed by atoms with Gasteiger partial charge in [-0.1, -0.05) is 60.7 Å². The summed E-state index contributed by atoms with van der Waals surface area (Å²) in [4.78, 5) is 7.94. The van der Waals surface area contributed by atoms with Gasteiger partial charge < -0.3 is 15.4 Å². The van der Waals surface area contributed by atoms with E-state index < -0.39 is 6.10 Å². The first-order chi connectivity index (χ1) is 12.3. The molecular formula is C21H23N3O. The van der Waals surface area contributed by atoms with Crippen LogP contribution in [0.3, 0.4) is 0 Å². The van der Waals surface area contributed by atoms with E-state index in [1.807, 2.05) is 36.5 Å². The maximum atomic E-state index is 10.7. The van der Waals surface area contributed by atoms with Crippen LogP contribution in [-0.4, -0.2) is 28.2 Å². The molecule has 1 aliphatic rings. The Labute approximate surface area is 148 Å². The van der Waals surface area contributed by atoms with E-state index in [1.54, 1.807) is 0 Å². The van der Waals surface area contributed by atoms with Crippen LogP contribution in [0, 0.1) is 0 Å². The fourth-order valence-electron chi connectivity index (χ4n) is 3.84. The topological polar surface area (TPSA) is 60.9 Å². The first kappa shape index (κ1) is 16.1. The number of aliphatic hydroxyl groups excluding tert-OH is 1. The molecule has 0 spiro atoms. The van der Waals surface area contributed by atoms with E-state index in [-0.39, 0.29) is 5.41 Å². The normalized spacial score (nSPS) is 18.0. The van der Waals surface area contributed by atoms with E-state index in [9.17, 15) is 5.11 Å². The number of rotatable bonds is 4. The van der Waals surface area contributed by atoms with E-state index in [0.29, 0.717) is 5.82 Å². The number of nitrogens with zero attached hydrogens (tertiary/aromatic N) is 1. The summed E-state index contributed by atoms with van der Waals surface area (Å²) in [6.45, 7) is 1.95. The highest BCUT2D eigenvalue weighted by Gasteiger charge is 2.37. The van der Waals surface area contributed by atoms with Gasteiger partial charge in [0, 0.05) is 17.3 Å². The van der Waals surface area contributed by atoms with Gasteiger partial charge in [-0.3, -0.25) is 0 Å². The van der Waals surface area contributed by atoms with Gasteiger partial charge in [0.05, 0.1) is 0 Å². The lowest BCUT2D eigenvalue weighted by Crippen LogP contribution is -2.41. The smallest absolute Gasteiger partial charge is 0.139 e.